The summed E-state index contributed by atoms with van der Waals surface area (Å²) in [5, 5.41) is 0. The number of hydrogen-bond donors (Lipinski definition) is 0. The van der Waals surface area contributed by atoms with Crippen LogP contribution in [0.4, 0.5) is 0 Å². The van der Waals surface area contributed by atoms with E-state index in [-0.39, 0.29) is 18.4 Å². The van der Waals surface area contributed by atoms with E-state index in [9.17, 15) is 0 Å². The lowest BCUT2D eigenvalue weighted by Crippen LogP contribution is -2.52. The first-order valence-corrected chi connectivity index (χ1v) is 10.4. The molecule has 21 heavy (non-hydrogen) atoms. The average molecular weight is 313 g/mol. The number of fused-ring (bicyclic) bond motifs is 1. The molecular formula is C16H30NO3Si+. The number of ether oxygens (including phenoxy) is 1. The molecule has 0 aliphatic carbocycles. The Bertz CT molecular complexity index is 441. The largest absolute Gasteiger partial charge is 0.387 e. The summed E-state index contributed by atoms with van der Waals surface area (Å²) >= 11 is 0. The van der Waals surface area contributed by atoms with Crippen LogP contribution >= 0.6 is 0 Å². The second kappa shape index (κ2) is 5.44. The molecule has 0 amide bonds. The summed E-state index contributed by atoms with van der Waals surface area (Å²) in [5.41, 5.74) is 2.22. The molecule has 3 rings (SSSR count). The summed E-state index contributed by atoms with van der Waals surface area (Å²) < 4.78 is 21.9. The van der Waals surface area contributed by atoms with Crippen molar-refractivity contribution in [2.24, 2.45) is 5.92 Å². The Kier molecular flexibility index (Phi) is 4.06. The maximum atomic E-state index is 6.80. The molecule has 3 heterocycles. The van der Waals surface area contributed by atoms with Gasteiger partial charge >= 0.3 is 8.56 Å². The highest BCUT2D eigenvalue weighted by molar-refractivity contribution is 6.70. The van der Waals surface area contributed by atoms with Gasteiger partial charge in [-0.25, -0.2) is 4.58 Å². The zero-order chi connectivity index (χ0) is 15.4. The minimum Gasteiger partial charge on any atom is -0.387 e. The van der Waals surface area contributed by atoms with Crippen LogP contribution in [0.3, 0.4) is 0 Å². The van der Waals surface area contributed by atoms with Gasteiger partial charge in [-0.05, 0) is 17.5 Å². The molecule has 4 unspecified atom stereocenters. The first kappa shape index (κ1) is 15.7. The van der Waals surface area contributed by atoms with Gasteiger partial charge in [0.2, 0.25) is 5.71 Å². The molecule has 2 saturated heterocycles. The summed E-state index contributed by atoms with van der Waals surface area (Å²) in [6.45, 7) is 12.0. The molecule has 0 N–H and O–H groups in total. The van der Waals surface area contributed by atoms with Crippen LogP contribution in [0.1, 0.15) is 47.5 Å². The smallest absolute Gasteiger partial charge is 0.344 e. The van der Waals surface area contributed by atoms with E-state index in [2.05, 4.69) is 46.2 Å². The molecule has 4 nitrogen and oxygen atoms in total. The van der Waals surface area contributed by atoms with Gasteiger partial charge in [0.05, 0.1) is 12.0 Å². The second-order valence-corrected chi connectivity index (χ2v) is 11.7. The quantitative estimate of drug-likeness (QED) is 0.591. The highest BCUT2D eigenvalue weighted by atomic mass is 28.4. The van der Waals surface area contributed by atoms with Crippen LogP contribution < -0.4 is 0 Å². The normalized spacial score (nSPS) is 37.7. The third-order valence-corrected chi connectivity index (χ3v) is 9.99. The highest BCUT2D eigenvalue weighted by Crippen LogP contribution is 2.46. The average Bonchev–Trinajstić information content (AvgIpc) is 2.86. The zero-order valence-corrected chi connectivity index (χ0v) is 15.3. The Morgan fingerprint density at radius 2 is 1.90 bits per heavy atom. The summed E-state index contributed by atoms with van der Waals surface area (Å²) in [5.74, 6) is 0.486. The molecule has 5 heteroatoms. The van der Waals surface area contributed by atoms with Gasteiger partial charge < -0.3 is 13.6 Å². The topological polar surface area (TPSA) is 30.7 Å². The molecule has 0 aromatic carbocycles. The summed E-state index contributed by atoms with van der Waals surface area (Å²) in [6.07, 6.45) is 2.88. The predicted octanol–water partition coefficient (Wildman–Crippen LogP) is 2.90. The SMILES string of the molecule is CCCC1C2O[Si](C(C)C)(C(C)C)OCC3=[N+](C)C1OC32. The highest BCUT2D eigenvalue weighted by Gasteiger charge is 2.64. The predicted molar refractivity (Wildman–Crippen MR) is 85.0 cm³/mol. The van der Waals surface area contributed by atoms with Crippen LogP contribution in [0.2, 0.25) is 11.1 Å². The van der Waals surface area contributed by atoms with Gasteiger partial charge in [0, 0.05) is 0 Å². The Labute approximate surface area is 129 Å². The monoisotopic (exact) mass is 312 g/mol. The van der Waals surface area contributed by atoms with Crippen LogP contribution in [0, 0.1) is 5.92 Å². The van der Waals surface area contributed by atoms with E-state index in [1.807, 2.05) is 0 Å². The molecule has 2 bridgehead atoms. The number of nitrogens with zero attached hydrogens (tertiary/aromatic N) is 1. The molecule has 3 aliphatic heterocycles. The van der Waals surface area contributed by atoms with Crippen LogP contribution in [0.25, 0.3) is 0 Å². The molecule has 120 valence electrons. The molecule has 0 radical (unpaired) electrons. The van der Waals surface area contributed by atoms with Gasteiger partial charge in [0.15, 0.2) is 6.10 Å². The Hall–Kier alpha value is -0.233. The Morgan fingerprint density at radius 1 is 1.24 bits per heavy atom. The van der Waals surface area contributed by atoms with E-state index < -0.39 is 8.56 Å². The molecule has 0 aromatic rings. The Balaban J connectivity index is 1.98. The van der Waals surface area contributed by atoms with Crippen LogP contribution in [0.15, 0.2) is 0 Å². The van der Waals surface area contributed by atoms with Gasteiger partial charge in [-0.15, -0.1) is 0 Å². The van der Waals surface area contributed by atoms with Crippen molar-refractivity contribution in [1.29, 1.82) is 0 Å². The minimum absolute atomic E-state index is 0.128. The van der Waals surface area contributed by atoms with Gasteiger partial charge in [0.25, 0.3) is 6.23 Å². The lowest BCUT2D eigenvalue weighted by Gasteiger charge is -2.38. The molecule has 0 spiro atoms. The van der Waals surface area contributed by atoms with Crippen molar-refractivity contribution in [3.8, 4) is 0 Å². The van der Waals surface area contributed by atoms with Gasteiger partial charge in [-0.2, -0.15) is 0 Å². The molecule has 2 fully saturated rings. The first-order chi connectivity index (χ1) is 9.92. The molecule has 3 aliphatic rings. The number of rotatable bonds is 4. The molecule has 0 saturated carbocycles. The van der Waals surface area contributed by atoms with Crippen molar-refractivity contribution >= 4 is 14.3 Å². The van der Waals surface area contributed by atoms with E-state index in [1.54, 1.807) is 0 Å². The van der Waals surface area contributed by atoms with E-state index in [1.165, 1.54) is 18.6 Å². The van der Waals surface area contributed by atoms with Crippen LogP contribution in [-0.2, 0) is 13.6 Å². The van der Waals surface area contributed by atoms with Crippen molar-refractivity contribution < 1.29 is 18.2 Å². The third kappa shape index (κ3) is 2.16. The summed E-state index contributed by atoms with van der Waals surface area (Å²) in [6, 6.07) is 0. The van der Waals surface area contributed by atoms with Gasteiger partial charge in [-0.3, -0.25) is 0 Å². The van der Waals surface area contributed by atoms with E-state index in [4.69, 9.17) is 13.6 Å². The third-order valence-electron chi connectivity index (χ3n) is 5.53. The minimum atomic E-state index is -2.22. The maximum Gasteiger partial charge on any atom is 0.344 e. The van der Waals surface area contributed by atoms with Crippen molar-refractivity contribution in [2.45, 2.75) is 77.0 Å². The van der Waals surface area contributed by atoms with Crippen LogP contribution in [-0.4, -0.2) is 50.9 Å². The van der Waals surface area contributed by atoms with Crippen molar-refractivity contribution in [1.82, 2.24) is 0 Å². The fourth-order valence-electron chi connectivity index (χ4n) is 4.41. The summed E-state index contributed by atoms with van der Waals surface area (Å²) in [7, 11) is -0.0623. The van der Waals surface area contributed by atoms with E-state index in [0.29, 0.717) is 23.6 Å². The molecule has 4 atom stereocenters. The molecular weight excluding hydrogens is 282 g/mol. The van der Waals surface area contributed by atoms with Gasteiger partial charge in [-0.1, -0.05) is 41.0 Å². The lowest BCUT2D eigenvalue weighted by molar-refractivity contribution is -0.577. The lowest BCUT2D eigenvalue weighted by atomic mass is 9.90. The first-order valence-electron chi connectivity index (χ1n) is 8.48. The fourth-order valence-corrected chi connectivity index (χ4v) is 8.11. The van der Waals surface area contributed by atoms with Gasteiger partial charge in [0.1, 0.15) is 13.7 Å². The maximum absolute atomic E-state index is 6.80. The van der Waals surface area contributed by atoms with E-state index in [0.717, 1.165) is 0 Å². The van der Waals surface area contributed by atoms with Crippen molar-refractivity contribution in [3.05, 3.63) is 0 Å². The van der Waals surface area contributed by atoms with Crippen molar-refractivity contribution in [2.75, 3.05) is 13.7 Å². The summed E-state index contributed by atoms with van der Waals surface area (Å²) in [4.78, 5) is 0. The van der Waals surface area contributed by atoms with E-state index >= 15 is 0 Å². The number of hydrogen-bond acceptors (Lipinski definition) is 3. The van der Waals surface area contributed by atoms with Crippen molar-refractivity contribution in [3.63, 3.8) is 0 Å². The standard InChI is InChI=1S/C16H30NO3Si/c1-7-8-12-14-15-13(17(6)16(12)19-15)9-18-21(20-14,10(2)3)11(4)5/h10-12,14-16H,7-9H2,1-6H3/q+1. The Morgan fingerprint density at radius 3 is 2.48 bits per heavy atom. The second-order valence-electron chi connectivity index (χ2n) is 7.40. The molecule has 0 aromatic heterocycles. The fraction of sp³-hybridized carbons (Fsp3) is 0.938. The van der Waals surface area contributed by atoms with Crippen LogP contribution in [0.5, 0.6) is 0 Å². The zero-order valence-electron chi connectivity index (χ0n) is 14.3.